The van der Waals surface area contributed by atoms with Crippen LogP contribution in [0.3, 0.4) is 0 Å². The quantitative estimate of drug-likeness (QED) is 0.570. The van der Waals surface area contributed by atoms with Crippen molar-refractivity contribution in [3.63, 3.8) is 0 Å². The molecule has 2 nitrogen and oxygen atoms in total. The van der Waals surface area contributed by atoms with Gasteiger partial charge in [-0.05, 0) is 61.7 Å². The molecule has 4 saturated carbocycles. The molecule has 4 rings (SSSR count). The predicted molar refractivity (Wildman–Crippen MR) is 62.0 cm³/mol. The fraction of sp³-hybridized carbons (Fsp3) is 1.00. The van der Waals surface area contributed by atoms with E-state index in [9.17, 15) is 0 Å². The second-order valence-electron chi connectivity index (χ2n) is 6.48. The maximum Gasteiger partial charge on any atom is 0.0185 e. The van der Waals surface area contributed by atoms with Crippen molar-refractivity contribution in [2.24, 2.45) is 29.0 Å². The number of hydrogen-bond donors (Lipinski definition) is 1. The van der Waals surface area contributed by atoms with Crippen molar-refractivity contribution in [2.75, 3.05) is 13.1 Å². The minimum Gasteiger partial charge on any atom is -0.269 e. The molecule has 0 saturated heterocycles. The van der Waals surface area contributed by atoms with Gasteiger partial charge in [-0.15, -0.1) is 0 Å². The van der Waals surface area contributed by atoms with Gasteiger partial charge in [0.1, 0.15) is 0 Å². The third kappa shape index (κ3) is 1.72. The lowest BCUT2D eigenvalue weighted by molar-refractivity contribution is -0.0688. The summed E-state index contributed by atoms with van der Waals surface area (Å²) in [6.07, 6.45) is 9.05. The van der Waals surface area contributed by atoms with E-state index < -0.39 is 0 Å². The summed E-state index contributed by atoms with van der Waals surface area (Å²) in [6.45, 7) is 4.33. The highest BCUT2D eigenvalue weighted by Crippen LogP contribution is 2.59. The van der Waals surface area contributed by atoms with Crippen LogP contribution in [0.5, 0.6) is 0 Å². The molecule has 0 radical (unpaired) electrons. The van der Waals surface area contributed by atoms with Gasteiger partial charge in [-0.3, -0.25) is 5.84 Å². The molecule has 86 valence electrons. The monoisotopic (exact) mass is 208 g/mol. The number of hydrazine groups is 1. The van der Waals surface area contributed by atoms with Gasteiger partial charge in [-0.1, -0.05) is 6.92 Å². The minimum absolute atomic E-state index is 0.625. The van der Waals surface area contributed by atoms with Gasteiger partial charge in [0.15, 0.2) is 0 Å². The molecule has 0 heterocycles. The third-order valence-electron chi connectivity index (χ3n) is 5.11. The van der Waals surface area contributed by atoms with Crippen LogP contribution in [0.4, 0.5) is 0 Å². The van der Waals surface area contributed by atoms with E-state index in [0.717, 1.165) is 30.8 Å². The smallest absolute Gasteiger partial charge is 0.0185 e. The Labute approximate surface area is 93.2 Å². The highest BCUT2D eigenvalue weighted by molar-refractivity contribution is 5.02. The van der Waals surface area contributed by atoms with Crippen LogP contribution in [0.25, 0.3) is 0 Å². The largest absolute Gasteiger partial charge is 0.269 e. The SMILES string of the molecule is CCN(N)CC12CC3CC(CC(C3)C1)C2. The Morgan fingerprint density at radius 1 is 1.07 bits per heavy atom. The molecule has 0 aromatic carbocycles. The zero-order valence-corrected chi connectivity index (χ0v) is 9.91. The molecule has 0 spiro atoms. The first-order valence-corrected chi connectivity index (χ1v) is 6.69. The van der Waals surface area contributed by atoms with Gasteiger partial charge < -0.3 is 0 Å². The summed E-state index contributed by atoms with van der Waals surface area (Å²) in [5, 5.41) is 2.05. The Bertz CT molecular complexity index is 214. The maximum absolute atomic E-state index is 6.03. The Balaban J connectivity index is 1.75. The van der Waals surface area contributed by atoms with Crippen molar-refractivity contribution in [1.29, 1.82) is 0 Å². The summed E-state index contributed by atoms with van der Waals surface area (Å²) >= 11 is 0. The Morgan fingerprint density at radius 2 is 1.53 bits per heavy atom. The van der Waals surface area contributed by atoms with E-state index in [-0.39, 0.29) is 0 Å². The van der Waals surface area contributed by atoms with Gasteiger partial charge in [-0.2, -0.15) is 0 Å². The van der Waals surface area contributed by atoms with Gasteiger partial charge in [0, 0.05) is 13.1 Å². The molecule has 4 aliphatic carbocycles. The second-order valence-corrected chi connectivity index (χ2v) is 6.48. The minimum atomic E-state index is 0.625. The normalized spacial score (nSPS) is 47.8. The Kier molecular flexibility index (Phi) is 2.33. The van der Waals surface area contributed by atoms with Crippen molar-refractivity contribution >= 4 is 0 Å². The van der Waals surface area contributed by atoms with Gasteiger partial charge >= 0.3 is 0 Å². The van der Waals surface area contributed by atoms with Gasteiger partial charge in [0.2, 0.25) is 0 Å². The van der Waals surface area contributed by atoms with E-state index in [0.29, 0.717) is 5.41 Å². The summed E-state index contributed by atoms with van der Waals surface area (Å²) in [5.41, 5.74) is 0.625. The fourth-order valence-electron chi connectivity index (χ4n) is 5.03. The molecule has 0 aliphatic heterocycles. The average Bonchev–Trinajstić information content (AvgIpc) is 2.14. The second kappa shape index (κ2) is 3.46. The van der Waals surface area contributed by atoms with Crippen LogP contribution in [0.15, 0.2) is 0 Å². The van der Waals surface area contributed by atoms with Crippen molar-refractivity contribution < 1.29 is 0 Å². The molecular formula is C13H24N2. The first-order valence-electron chi connectivity index (χ1n) is 6.69. The number of rotatable bonds is 3. The van der Waals surface area contributed by atoms with Crippen molar-refractivity contribution in [1.82, 2.24) is 5.01 Å². The molecule has 4 fully saturated rings. The molecule has 0 aromatic rings. The summed E-state index contributed by atoms with van der Waals surface area (Å²) < 4.78 is 0. The molecule has 4 aliphatic rings. The van der Waals surface area contributed by atoms with Gasteiger partial charge in [0.05, 0.1) is 0 Å². The standard InChI is InChI=1S/C13H24N2/c1-2-15(14)9-13-6-10-3-11(7-13)5-12(4-10)8-13/h10-12H,2-9,14H2,1H3. The predicted octanol–water partition coefficient (Wildman–Crippen LogP) is 2.40. The fourth-order valence-corrected chi connectivity index (χ4v) is 5.03. The average molecular weight is 208 g/mol. The lowest BCUT2D eigenvalue weighted by atomic mass is 9.49. The highest BCUT2D eigenvalue weighted by Gasteiger charge is 2.50. The van der Waals surface area contributed by atoms with Gasteiger partial charge in [0.25, 0.3) is 0 Å². The van der Waals surface area contributed by atoms with Crippen LogP contribution >= 0.6 is 0 Å². The lowest BCUT2D eigenvalue weighted by Crippen LogP contribution is -2.52. The van der Waals surface area contributed by atoms with Crippen LogP contribution in [0.1, 0.15) is 45.4 Å². The van der Waals surface area contributed by atoms with E-state index in [4.69, 9.17) is 5.84 Å². The van der Waals surface area contributed by atoms with E-state index in [1.54, 1.807) is 0 Å². The summed E-state index contributed by atoms with van der Waals surface area (Å²) in [4.78, 5) is 0. The number of nitrogens with zero attached hydrogens (tertiary/aromatic N) is 1. The summed E-state index contributed by atoms with van der Waals surface area (Å²) in [6, 6.07) is 0. The topological polar surface area (TPSA) is 29.3 Å². The van der Waals surface area contributed by atoms with Crippen molar-refractivity contribution in [3.05, 3.63) is 0 Å². The summed E-state index contributed by atoms with van der Waals surface area (Å²) in [7, 11) is 0. The van der Waals surface area contributed by atoms with E-state index >= 15 is 0 Å². The zero-order valence-electron chi connectivity index (χ0n) is 9.91. The summed E-state index contributed by atoms with van der Waals surface area (Å²) in [5.74, 6) is 9.20. The molecule has 2 heteroatoms. The molecule has 2 N–H and O–H groups in total. The van der Waals surface area contributed by atoms with E-state index in [2.05, 4.69) is 6.92 Å². The molecule has 0 amide bonds. The van der Waals surface area contributed by atoms with Crippen LogP contribution in [-0.4, -0.2) is 18.1 Å². The first kappa shape index (κ1) is 10.1. The number of hydrogen-bond acceptors (Lipinski definition) is 2. The lowest BCUT2D eigenvalue weighted by Gasteiger charge is -2.57. The van der Waals surface area contributed by atoms with Gasteiger partial charge in [-0.25, -0.2) is 5.01 Å². The van der Waals surface area contributed by atoms with Crippen LogP contribution in [0.2, 0.25) is 0 Å². The van der Waals surface area contributed by atoms with Crippen LogP contribution < -0.4 is 5.84 Å². The Morgan fingerprint density at radius 3 is 1.93 bits per heavy atom. The van der Waals surface area contributed by atoms with E-state index in [1.165, 1.54) is 38.5 Å². The first-order chi connectivity index (χ1) is 7.19. The van der Waals surface area contributed by atoms with E-state index in [1.807, 2.05) is 5.01 Å². The van der Waals surface area contributed by atoms with Crippen molar-refractivity contribution in [3.8, 4) is 0 Å². The molecule has 15 heavy (non-hydrogen) atoms. The molecule has 0 aromatic heterocycles. The number of nitrogens with two attached hydrogens (primary N) is 1. The third-order valence-corrected chi connectivity index (χ3v) is 5.11. The molecular weight excluding hydrogens is 184 g/mol. The Hall–Kier alpha value is -0.0800. The maximum atomic E-state index is 6.03. The zero-order chi connectivity index (χ0) is 10.5. The molecule has 0 atom stereocenters. The van der Waals surface area contributed by atoms with Crippen molar-refractivity contribution in [2.45, 2.75) is 45.4 Å². The molecule has 4 bridgehead atoms. The van der Waals surface area contributed by atoms with Crippen LogP contribution in [0, 0.1) is 23.2 Å². The highest BCUT2D eigenvalue weighted by atomic mass is 15.4. The molecule has 0 unspecified atom stereocenters. The van der Waals surface area contributed by atoms with Crippen LogP contribution in [-0.2, 0) is 0 Å².